The predicted octanol–water partition coefficient (Wildman–Crippen LogP) is 4.45. The largest absolute Gasteiger partial charge is 0.338 e. The Hall–Kier alpha value is -3.52. The number of aromatic amines is 1. The van der Waals surface area contributed by atoms with Crippen LogP contribution in [-0.2, 0) is 0 Å². The van der Waals surface area contributed by atoms with Crippen molar-refractivity contribution in [1.29, 1.82) is 0 Å². The molecule has 0 saturated heterocycles. The highest BCUT2D eigenvalue weighted by atomic mass is 32.1. The molecule has 26 heavy (non-hydrogen) atoms. The fourth-order valence-corrected chi connectivity index (χ4v) is 3.26. The Balaban J connectivity index is 1.51. The van der Waals surface area contributed by atoms with E-state index in [1.165, 1.54) is 12.1 Å². The maximum absolute atomic E-state index is 12.2. The molecule has 128 valence electrons. The minimum atomic E-state index is -0.510. The number of imidazole rings is 1. The number of amides is 1. The van der Waals surface area contributed by atoms with Crippen LogP contribution >= 0.6 is 11.3 Å². The Morgan fingerprint density at radius 3 is 2.54 bits per heavy atom. The molecule has 2 aromatic heterocycles. The molecule has 0 bridgehead atoms. The number of hydrogen-bond acceptors (Lipinski definition) is 5. The first-order chi connectivity index (χ1) is 12.6. The topological polar surface area (TPSA) is 101 Å². The second-order valence-electron chi connectivity index (χ2n) is 5.53. The van der Waals surface area contributed by atoms with E-state index < -0.39 is 4.92 Å². The zero-order valence-corrected chi connectivity index (χ0v) is 14.1. The molecule has 0 aliphatic carbocycles. The maximum Gasteiger partial charge on any atom is 0.324 e. The van der Waals surface area contributed by atoms with Crippen LogP contribution in [0.5, 0.6) is 0 Å². The molecule has 2 N–H and O–H groups in total. The molecule has 2 heterocycles. The van der Waals surface area contributed by atoms with Crippen molar-refractivity contribution in [3.8, 4) is 11.4 Å². The number of carbonyl (C=O) groups is 1. The molecule has 7 nitrogen and oxygen atoms in total. The first kappa shape index (κ1) is 16.0. The van der Waals surface area contributed by atoms with Crippen molar-refractivity contribution in [2.75, 3.05) is 5.32 Å². The van der Waals surface area contributed by atoms with Gasteiger partial charge in [0.15, 0.2) is 0 Å². The average molecular weight is 364 g/mol. The summed E-state index contributed by atoms with van der Waals surface area (Å²) >= 11 is 0.845. The standard InChI is InChI=1S/C18H12N4O3S/c23-18(15-9-10-16(26-15)22(24)25)19-12-7-5-11(6-8-12)17-20-13-3-1-2-4-14(13)21-17/h1-10H,(H,19,23)(H,20,21). The van der Waals surface area contributed by atoms with Gasteiger partial charge in [0.25, 0.3) is 5.91 Å². The van der Waals surface area contributed by atoms with Crippen LogP contribution in [-0.4, -0.2) is 20.8 Å². The number of H-pyrrole nitrogens is 1. The molecule has 4 rings (SSSR count). The van der Waals surface area contributed by atoms with Gasteiger partial charge in [0.05, 0.1) is 20.8 Å². The Morgan fingerprint density at radius 1 is 1.08 bits per heavy atom. The molecule has 0 fully saturated rings. The molecule has 2 aromatic carbocycles. The van der Waals surface area contributed by atoms with Gasteiger partial charge in [-0.05, 0) is 42.5 Å². The second-order valence-corrected chi connectivity index (χ2v) is 6.59. The summed E-state index contributed by atoms with van der Waals surface area (Å²) in [6.45, 7) is 0. The molecule has 4 aromatic rings. The van der Waals surface area contributed by atoms with Crippen LogP contribution in [0.3, 0.4) is 0 Å². The van der Waals surface area contributed by atoms with Crippen LogP contribution in [0.2, 0.25) is 0 Å². The van der Waals surface area contributed by atoms with Crippen LogP contribution in [0.15, 0.2) is 60.7 Å². The highest BCUT2D eigenvalue weighted by Crippen LogP contribution is 2.26. The van der Waals surface area contributed by atoms with Gasteiger partial charge in [-0.15, -0.1) is 0 Å². The van der Waals surface area contributed by atoms with Gasteiger partial charge in [-0.25, -0.2) is 4.98 Å². The van der Waals surface area contributed by atoms with Gasteiger partial charge < -0.3 is 10.3 Å². The number of nitrogens with one attached hydrogen (secondary N) is 2. The lowest BCUT2D eigenvalue weighted by molar-refractivity contribution is -0.380. The van der Waals surface area contributed by atoms with Crippen molar-refractivity contribution in [3.63, 3.8) is 0 Å². The number of nitrogens with zero attached hydrogens (tertiary/aromatic N) is 2. The Kier molecular flexibility index (Phi) is 3.94. The van der Waals surface area contributed by atoms with Gasteiger partial charge in [0, 0.05) is 17.3 Å². The van der Waals surface area contributed by atoms with E-state index in [9.17, 15) is 14.9 Å². The fraction of sp³-hybridized carbons (Fsp3) is 0. The number of aromatic nitrogens is 2. The summed E-state index contributed by atoms with van der Waals surface area (Å²) in [5.41, 5.74) is 3.34. The third-order valence-electron chi connectivity index (χ3n) is 3.80. The van der Waals surface area contributed by atoms with Crippen molar-refractivity contribution in [2.24, 2.45) is 0 Å². The smallest absolute Gasteiger partial charge is 0.324 e. The molecule has 1 amide bonds. The van der Waals surface area contributed by atoms with Crippen molar-refractivity contribution in [2.45, 2.75) is 0 Å². The first-order valence-electron chi connectivity index (χ1n) is 7.71. The first-order valence-corrected chi connectivity index (χ1v) is 8.52. The van der Waals surface area contributed by atoms with E-state index in [1.54, 1.807) is 12.1 Å². The molecule has 0 atom stereocenters. The Morgan fingerprint density at radius 2 is 1.85 bits per heavy atom. The van der Waals surface area contributed by atoms with Gasteiger partial charge in [-0.3, -0.25) is 14.9 Å². The van der Waals surface area contributed by atoms with Crippen LogP contribution < -0.4 is 5.32 Å². The zero-order chi connectivity index (χ0) is 18.1. The number of carbonyl (C=O) groups excluding carboxylic acids is 1. The second kappa shape index (κ2) is 6.41. The minimum Gasteiger partial charge on any atom is -0.338 e. The Labute approximate surface area is 151 Å². The summed E-state index contributed by atoms with van der Waals surface area (Å²) in [5.74, 6) is 0.373. The summed E-state index contributed by atoms with van der Waals surface area (Å²) in [4.78, 5) is 30.5. The third-order valence-corrected chi connectivity index (χ3v) is 4.84. The van der Waals surface area contributed by atoms with E-state index in [0.29, 0.717) is 5.69 Å². The van der Waals surface area contributed by atoms with Crippen LogP contribution in [0.25, 0.3) is 22.4 Å². The highest BCUT2D eigenvalue weighted by Gasteiger charge is 2.15. The van der Waals surface area contributed by atoms with Gasteiger partial charge in [0.2, 0.25) is 0 Å². The van der Waals surface area contributed by atoms with Crippen molar-refractivity contribution in [3.05, 3.63) is 75.7 Å². The lowest BCUT2D eigenvalue weighted by Gasteiger charge is -2.04. The number of benzene rings is 2. The molecule has 0 unspecified atom stereocenters. The van der Waals surface area contributed by atoms with Gasteiger partial charge in [0.1, 0.15) is 5.82 Å². The summed E-state index contributed by atoms with van der Waals surface area (Å²) in [7, 11) is 0. The summed E-state index contributed by atoms with van der Waals surface area (Å²) in [5, 5.41) is 13.4. The molecular formula is C18H12N4O3S. The molecule has 0 aliphatic heterocycles. The van der Waals surface area contributed by atoms with E-state index in [4.69, 9.17) is 0 Å². The number of thiophene rings is 1. The predicted molar refractivity (Wildman–Crippen MR) is 100 cm³/mol. The third kappa shape index (κ3) is 3.05. The van der Waals surface area contributed by atoms with Crippen molar-refractivity contribution < 1.29 is 9.72 Å². The molecular weight excluding hydrogens is 352 g/mol. The van der Waals surface area contributed by atoms with E-state index in [2.05, 4.69) is 15.3 Å². The van der Waals surface area contributed by atoms with E-state index in [0.717, 1.165) is 33.8 Å². The molecule has 8 heteroatoms. The molecule has 0 aliphatic rings. The van der Waals surface area contributed by atoms with Crippen molar-refractivity contribution >= 4 is 39.0 Å². The van der Waals surface area contributed by atoms with Crippen molar-refractivity contribution in [1.82, 2.24) is 9.97 Å². The molecule has 0 radical (unpaired) electrons. The van der Waals surface area contributed by atoms with E-state index in [1.807, 2.05) is 36.4 Å². The van der Waals surface area contributed by atoms with Gasteiger partial charge in [-0.1, -0.05) is 23.5 Å². The monoisotopic (exact) mass is 364 g/mol. The number of para-hydroxylation sites is 2. The molecule has 0 saturated carbocycles. The average Bonchev–Trinajstić information content (AvgIpc) is 3.29. The van der Waals surface area contributed by atoms with Gasteiger partial charge >= 0.3 is 5.00 Å². The lowest BCUT2D eigenvalue weighted by atomic mass is 10.2. The number of nitro groups is 1. The van der Waals surface area contributed by atoms with E-state index in [-0.39, 0.29) is 15.8 Å². The van der Waals surface area contributed by atoms with Crippen LogP contribution in [0, 0.1) is 10.1 Å². The normalized spacial score (nSPS) is 10.8. The quantitative estimate of drug-likeness (QED) is 0.412. The highest BCUT2D eigenvalue weighted by molar-refractivity contribution is 7.17. The lowest BCUT2D eigenvalue weighted by Crippen LogP contribution is -2.09. The number of hydrogen-bond donors (Lipinski definition) is 2. The van der Waals surface area contributed by atoms with Gasteiger partial charge in [-0.2, -0.15) is 0 Å². The summed E-state index contributed by atoms with van der Waals surface area (Å²) < 4.78 is 0. The Bertz CT molecular complexity index is 1080. The number of rotatable bonds is 4. The zero-order valence-electron chi connectivity index (χ0n) is 13.3. The van der Waals surface area contributed by atoms with Crippen LogP contribution in [0.1, 0.15) is 9.67 Å². The minimum absolute atomic E-state index is 0.0598. The number of fused-ring (bicyclic) bond motifs is 1. The maximum atomic E-state index is 12.2. The number of anilines is 1. The van der Waals surface area contributed by atoms with Crippen LogP contribution in [0.4, 0.5) is 10.7 Å². The van der Waals surface area contributed by atoms with E-state index >= 15 is 0 Å². The summed E-state index contributed by atoms with van der Waals surface area (Å²) in [6, 6.07) is 17.8. The summed E-state index contributed by atoms with van der Waals surface area (Å²) in [6.07, 6.45) is 0. The fourth-order valence-electron chi connectivity index (χ4n) is 2.54. The molecule has 0 spiro atoms. The SMILES string of the molecule is O=C(Nc1ccc(-c2nc3ccccc3[nH]2)cc1)c1ccc([N+](=O)[O-])s1.